The van der Waals surface area contributed by atoms with Crippen molar-refractivity contribution in [1.82, 2.24) is 14.5 Å². The number of nitrogens with zero attached hydrogens (tertiary/aromatic N) is 5. The highest BCUT2D eigenvalue weighted by atomic mass is 31.2. The lowest BCUT2D eigenvalue weighted by Gasteiger charge is -2.49. The van der Waals surface area contributed by atoms with Crippen LogP contribution in [0.4, 0.5) is 10.1 Å². The Bertz CT molecular complexity index is 1720. The Kier molecular flexibility index (Phi) is 7.39. The Morgan fingerprint density at radius 2 is 1.73 bits per heavy atom. The van der Waals surface area contributed by atoms with Crippen LogP contribution in [-0.2, 0) is 11.6 Å². The first-order valence-electron chi connectivity index (χ1n) is 13.3. The Morgan fingerprint density at radius 3 is 2.40 bits per heavy atom. The fourth-order valence-corrected chi connectivity index (χ4v) is 7.11. The van der Waals surface area contributed by atoms with Gasteiger partial charge in [0.2, 0.25) is 0 Å². The first-order valence-corrected chi connectivity index (χ1v) is 15.9. The fraction of sp³-hybridized carbons (Fsp3) is 0.323. The summed E-state index contributed by atoms with van der Waals surface area (Å²) >= 11 is 0. The summed E-state index contributed by atoms with van der Waals surface area (Å²) in [4.78, 5) is 22.1. The highest BCUT2D eigenvalue weighted by Gasteiger charge is 2.37. The monoisotopic (exact) mass is 557 g/mol. The van der Waals surface area contributed by atoms with E-state index in [-0.39, 0.29) is 29.5 Å². The topological polar surface area (TPSA) is 82.2 Å². The van der Waals surface area contributed by atoms with E-state index in [9.17, 15) is 19.0 Å². The second-order valence-corrected chi connectivity index (χ2v) is 14.2. The number of benzene rings is 2. The Balaban J connectivity index is 1.60. The molecular formula is C31H33FN5O2P. The van der Waals surface area contributed by atoms with Crippen LogP contribution in [0.2, 0.25) is 0 Å². The van der Waals surface area contributed by atoms with Crippen LogP contribution in [0, 0.1) is 17.1 Å². The lowest BCUT2D eigenvalue weighted by molar-refractivity contribution is 0.130. The molecule has 0 saturated carbocycles. The molecule has 0 radical (unpaired) electrons. The van der Waals surface area contributed by atoms with E-state index in [1.165, 1.54) is 12.1 Å². The Morgan fingerprint density at radius 1 is 1.02 bits per heavy atom. The Hall–Kier alpha value is -3.79. The van der Waals surface area contributed by atoms with Crippen LogP contribution in [0.5, 0.6) is 0 Å². The van der Waals surface area contributed by atoms with Gasteiger partial charge in [-0.15, -0.1) is 0 Å². The van der Waals surface area contributed by atoms with Gasteiger partial charge in [-0.05, 0) is 62.6 Å². The molecule has 1 aliphatic heterocycles. The van der Waals surface area contributed by atoms with Crippen LogP contribution < -0.4 is 15.8 Å². The number of piperazine rings is 1. The number of fused-ring (bicyclic) bond motifs is 1. The van der Waals surface area contributed by atoms with Gasteiger partial charge in [-0.2, -0.15) is 5.26 Å². The van der Waals surface area contributed by atoms with Crippen molar-refractivity contribution in [2.24, 2.45) is 7.05 Å². The molecule has 0 aliphatic carbocycles. The van der Waals surface area contributed by atoms with Gasteiger partial charge in [0.25, 0.3) is 5.56 Å². The van der Waals surface area contributed by atoms with Crippen molar-refractivity contribution < 1.29 is 8.96 Å². The number of halogens is 1. The van der Waals surface area contributed by atoms with Crippen LogP contribution >= 0.6 is 7.14 Å². The van der Waals surface area contributed by atoms with Crippen molar-refractivity contribution >= 4 is 29.2 Å². The number of hydrogen-bond acceptors (Lipinski definition) is 6. The van der Waals surface area contributed by atoms with Crippen molar-refractivity contribution in [3.05, 3.63) is 99.7 Å². The predicted octanol–water partition coefficient (Wildman–Crippen LogP) is 4.88. The van der Waals surface area contributed by atoms with Gasteiger partial charge in [-0.1, -0.05) is 36.4 Å². The second kappa shape index (κ2) is 10.6. The molecular weight excluding hydrogens is 524 g/mol. The molecule has 206 valence electrons. The molecule has 1 aliphatic rings. The van der Waals surface area contributed by atoms with Gasteiger partial charge < -0.3 is 14.0 Å². The van der Waals surface area contributed by atoms with E-state index in [4.69, 9.17) is 0 Å². The summed E-state index contributed by atoms with van der Waals surface area (Å²) in [5.74, 6) is -0.305. The standard InChI is InChI=1S/C31H33FN5O2P/c1-20-19-37(31(22-10-12-23(32)13-11-22)25-8-6-7-9-28(25)40(4,5)39)21(2)18-36(20)27-16-29(38)35(3)26-15-14-24(17-33)34-30(26)27/h6-16,20-21,31H,18-19H2,1-5H3/t20-,21+,31?/m0/s1. The number of rotatable bonds is 5. The van der Waals surface area contributed by atoms with Crippen molar-refractivity contribution in [3.8, 4) is 6.07 Å². The zero-order chi connectivity index (χ0) is 28.8. The minimum Gasteiger partial charge on any atom is -0.364 e. The molecule has 5 rings (SSSR count). The number of hydrogen-bond donors (Lipinski definition) is 0. The summed E-state index contributed by atoms with van der Waals surface area (Å²) in [5, 5.41) is 10.3. The second-order valence-electron chi connectivity index (χ2n) is 11.0. The molecule has 1 saturated heterocycles. The van der Waals surface area contributed by atoms with Gasteiger partial charge in [0, 0.05) is 43.6 Å². The molecule has 1 unspecified atom stereocenters. The summed E-state index contributed by atoms with van der Waals surface area (Å²) in [6.07, 6.45) is 0. The fourth-order valence-electron chi connectivity index (χ4n) is 5.85. The minimum absolute atomic E-state index is 0.00524. The van der Waals surface area contributed by atoms with Crippen molar-refractivity contribution in [3.63, 3.8) is 0 Å². The predicted molar refractivity (Wildman–Crippen MR) is 158 cm³/mol. The van der Waals surface area contributed by atoms with Gasteiger partial charge in [-0.3, -0.25) is 9.69 Å². The van der Waals surface area contributed by atoms with Crippen LogP contribution in [-0.4, -0.2) is 53.0 Å². The van der Waals surface area contributed by atoms with Crippen LogP contribution in [0.25, 0.3) is 11.0 Å². The Labute approximate surface area is 233 Å². The van der Waals surface area contributed by atoms with Gasteiger partial charge in [0.1, 0.15) is 30.2 Å². The van der Waals surface area contributed by atoms with Gasteiger partial charge in [0.15, 0.2) is 0 Å². The number of pyridine rings is 2. The zero-order valence-electron chi connectivity index (χ0n) is 23.4. The summed E-state index contributed by atoms with van der Waals surface area (Å²) in [6.45, 7) is 9.02. The first-order chi connectivity index (χ1) is 19.0. The molecule has 0 N–H and O–H groups in total. The molecule has 2 aromatic carbocycles. The normalized spacial score (nSPS) is 19.0. The minimum atomic E-state index is -2.61. The van der Waals surface area contributed by atoms with E-state index in [1.54, 1.807) is 55.3 Å². The van der Waals surface area contributed by atoms with Gasteiger partial charge in [-0.25, -0.2) is 9.37 Å². The number of nitriles is 1. The SMILES string of the molecule is C[C@@H]1CN(c2cc(=O)n(C)c3ccc(C#N)nc23)[C@@H](C)CN1C(c1ccc(F)cc1)c1ccccc1P(C)(C)=O. The molecule has 3 heterocycles. The lowest BCUT2D eigenvalue weighted by Crippen LogP contribution is -2.58. The van der Waals surface area contributed by atoms with Crippen molar-refractivity contribution in [2.45, 2.75) is 32.0 Å². The van der Waals surface area contributed by atoms with Crippen LogP contribution in [0.15, 0.2) is 71.5 Å². The maximum absolute atomic E-state index is 14.0. The van der Waals surface area contributed by atoms with E-state index in [0.717, 1.165) is 16.4 Å². The van der Waals surface area contributed by atoms with Gasteiger partial charge in [0.05, 0.1) is 17.2 Å². The van der Waals surface area contributed by atoms with E-state index in [1.807, 2.05) is 24.3 Å². The van der Waals surface area contributed by atoms with E-state index in [0.29, 0.717) is 35.5 Å². The quantitative estimate of drug-likeness (QED) is 0.326. The molecule has 0 spiro atoms. The summed E-state index contributed by atoms with van der Waals surface area (Å²) in [6, 6.07) is 21.2. The molecule has 3 atom stereocenters. The van der Waals surface area contributed by atoms with Crippen molar-refractivity contribution in [1.29, 1.82) is 5.26 Å². The molecule has 4 aromatic rings. The van der Waals surface area contributed by atoms with Gasteiger partial charge >= 0.3 is 0 Å². The third kappa shape index (κ3) is 5.08. The molecule has 40 heavy (non-hydrogen) atoms. The number of aromatic nitrogens is 2. The van der Waals surface area contributed by atoms with Crippen molar-refractivity contribution in [2.75, 3.05) is 31.3 Å². The van der Waals surface area contributed by atoms with E-state index >= 15 is 0 Å². The molecule has 0 amide bonds. The highest BCUT2D eigenvalue weighted by molar-refractivity contribution is 7.70. The van der Waals surface area contributed by atoms with Crippen LogP contribution in [0.1, 0.15) is 36.7 Å². The zero-order valence-corrected chi connectivity index (χ0v) is 24.3. The first kappa shape index (κ1) is 27.8. The summed E-state index contributed by atoms with van der Waals surface area (Å²) in [7, 11) is -0.909. The smallest absolute Gasteiger partial charge is 0.252 e. The third-order valence-electron chi connectivity index (χ3n) is 7.86. The molecule has 1 fully saturated rings. The molecule has 9 heteroatoms. The molecule has 2 aromatic heterocycles. The van der Waals surface area contributed by atoms with E-state index in [2.05, 4.69) is 34.7 Å². The maximum Gasteiger partial charge on any atom is 0.252 e. The molecule has 7 nitrogen and oxygen atoms in total. The largest absolute Gasteiger partial charge is 0.364 e. The van der Waals surface area contributed by atoms with Crippen LogP contribution in [0.3, 0.4) is 0 Å². The summed E-state index contributed by atoms with van der Waals surface area (Å²) < 4.78 is 28.9. The summed E-state index contributed by atoms with van der Waals surface area (Å²) in [5.41, 5.74) is 4.03. The number of aryl methyl sites for hydroxylation is 1. The third-order valence-corrected chi connectivity index (χ3v) is 9.42. The maximum atomic E-state index is 14.0. The van der Waals surface area contributed by atoms with E-state index < -0.39 is 7.14 Å². The average molecular weight is 558 g/mol. The number of anilines is 1. The highest BCUT2D eigenvalue weighted by Crippen LogP contribution is 2.42. The molecule has 0 bridgehead atoms. The average Bonchev–Trinajstić information content (AvgIpc) is 2.93. The lowest BCUT2D eigenvalue weighted by atomic mass is 9.93.